The van der Waals surface area contributed by atoms with E-state index in [1.54, 1.807) is 11.3 Å². The number of aromatic nitrogens is 3. The quantitative estimate of drug-likeness (QED) is 0.879. The van der Waals surface area contributed by atoms with Gasteiger partial charge in [0, 0.05) is 17.5 Å². The molecule has 0 fully saturated rings. The van der Waals surface area contributed by atoms with Crippen molar-refractivity contribution in [2.75, 3.05) is 6.54 Å². The highest BCUT2D eigenvalue weighted by Crippen LogP contribution is 2.27. The molecule has 5 heteroatoms. The van der Waals surface area contributed by atoms with Gasteiger partial charge < -0.3 is 5.32 Å². The summed E-state index contributed by atoms with van der Waals surface area (Å²) >= 11 is 1.65. The molecule has 0 saturated heterocycles. The molecule has 1 unspecified atom stereocenters. The Labute approximate surface area is 118 Å². The van der Waals surface area contributed by atoms with Gasteiger partial charge in [0.2, 0.25) is 0 Å². The summed E-state index contributed by atoms with van der Waals surface area (Å²) in [6.45, 7) is 7.33. The van der Waals surface area contributed by atoms with E-state index < -0.39 is 0 Å². The Balaban J connectivity index is 2.15. The van der Waals surface area contributed by atoms with Crippen molar-refractivity contribution in [2.45, 2.75) is 39.7 Å². The van der Waals surface area contributed by atoms with E-state index in [2.05, 4.69) is 34.3 Å². The Morgan fingerprint density at radius 1 is 1.26 bits per heavy atom. The molecule has 102 valence electrons. The second-order valence-corrected chi connectivity index (χ2v) is 5.56. The summed E-state index contributed by atoms with van der Waals surface area (Å²) in [6, 6.07) is 4.36. The van der Waals surface area contributed by atoms with Gasteiger partial charge in [0.1, 0.15) is 10.0 Å². The molecule has 0 aliphatic rings. The Morgan fingerprint density at radius 2 is 2.11 bits per heavy atom. The first-order chi connectivity index (χ1) is 9.24. The zero-order valence-electron chi connectivity index (χ0n) is 11.7. The summed E-state index contributed by atoms with van der Waals surface area (Å²) < 4.78 is 0. The normalized spacial score (nSPS) is 12.6. The zero-order chi connectivity index (χ0) is 13.7. The number of aryl methyl sites for hydroxylation is 1. The van der Waals surface area contributed by atoms with E-state index in [1.807, 2.05) is 25.3 Å². The second-order valence-electron chi connectivity index (χ2n) is 4.55. The van der Waals surface area contributed by atoms with E-state index in [0.717, 1.165) is 40.7 Å². The van der Waals surface area contributed by atoms with Crippen LogP contribution in [0.5, 0.6) is 0 Å². The van der Waals surface area contributed by atoms with Crippen LogP contribution in [0, 0.1) is 6.92 Å². The minimum absolute atomic E-state index is 0.310. The number of pyridine rings is 1. The summed E-state index contributed by atoms with van der Waals surface area (Å²) in [5, 5.41) is 14.1. The number of hydrogen-bond donors (Lipinski definition) is 1. The summed E-state index contributed by atoms with van der Waals surface area (Å²) in [7, 11) is 0. The van der Waals surface area contributed by atoms with Crippen molar-refractivity contribution in [1.29, 1.82) is 0 Å². The lowest BCUT2D eigenvalue weighted by atomic mass is 10.2. The van der Waals surface area contributed by atoms with Gasteiger partial charge in [-0.3, -0.25) is 4.98 Å². The van der Waals surface area contributed by atoms with Crippen LogP contribution in [0.25, 0.3) is 10.6 Å². The van der Waals surface area contributed by atoms with E-state index in [1.165, 1.54) is 0 Å². The van der Waals surface area contributed by atoms with Crippen LogP contribution in [0.4, 0.5) is 0 Å². The molecule has 1 N–H and O–H groups in total. The van der Waals surface area contributed by atoms with Crippen LogP contribution in [0.15, 0.2) is 18.3 Å². The lowest BCUT2D eigenvalue weighted by Crippen LogP contribution is -2.21. The molecule has 2 rings (SSSR count). The van der Waals surface area contributed by atoms with Gasteiger partial charge in [0.15, 0.2) is 0 Å². The van der Waals surface area contributed by atoms with Gasteiger partial charge >= 0.3 is 0 Å². The van der Waals surface area contributed by atoms with Crippen molar-refractivity contribution < 1.29 is 0 Å². The first-order valence-corrected chi connectivity index (χ1v) is 7.56. The monoisotopic (exact) mass is 276 g/mol. The van der Waals surface area contributed by atoms with Crippen LogP contribution in [0.3, 0.4) is 0 Å². The summed E-state index contributed by atoms with van der Waals surface area (Å²) in [5.41, 5.74) is 2.06. The van der Waals surface area contributed by atoms with Crippen molar-refractivity contribution in [3.63, 3.8) is 0 Å². The lowest BCUT2D eigenvalue weighted by molar-refractivity contribution is 0.513. The van der Waals surface area contributed by atoms with Crippen LogP contribution in [0.1, 0.15) is 43.4 Å². The van der Waals surface area contributed by atoms with Gasteiger partial charge in [-0.1, -0.05) is 25.2 Å². The van der Waals surface area contributed by atoms with Crippen molar-refractivity contribution in [1.82, 2.24) is 20.5 Å². The Bertz CT molecular complexity index is 506. The molecule has 2 aromatic heterocycles. The molecule has 2 aromatic rings. The molecule has 0 amide bonds. The molecule has 0 aliphatic heterocycles. The van der Waals surface area contributed by atoms with Crippen molar-refractivity contribution in [2.24, 2.45) is 0 Å². The number of hydrogen-bond acceptors (Lipinski definition) is 5. The Morgan fingerprint density at radius 3 is 2.74 bits per heavy atom. The van der Waals surface area contributed by atoms with Crippen LogP contribution in [-0.4, -0.2) is 21.7 Å². The maximum Gasteiger partial charge on any atom is 0.149 e. The fourth-order valence-corrected chi connectivity index (χ4v) is 2.80. The maximum atomic E-state index is 4.32. The zero-order valence-corrected chi connectivity index (χ0v) is 12.5. The summed E-state index contributed by atoms with van der Waals surface area (Å²) in [5.74, 6) is 0. The minimum Gasteiger partial charge on any atom is -0.308 e. The number of rotatable bonds is 6. The average molecular weight is 276 g/mol. The molecule has 2 heterocycles. The lowest BCUT2D eigenvalue weighted by Gasteiger charge is -2.12. The van der Waals surface area contributed by atoms with Gasteiger partial charge in [0.05, 0.1) is 6.04 Å². The van der Waals surface area contributed by atoms with E-state index >= 15 is 0 Å². The second kappa shape index (κ2) is 6.73. The average Bonchev–Trinajstić information content (AvgIpc) is 2.90. The minimum atomic E-state index is 0.310. The van der Waals surface area contributed by atoms with Crippen molar-refractivity contribution in [3.05, 3.63) is 29.0 Å². The predicted molar refractivity (Wildman–Crippen MR) is 79.2 cm³/mol. The summed E-state index contributed by atoms with van der Waals surface area (Å²) in [4.78, 5) is 4.30. The molecule has 0 saturated carbocycles. The molecule has 0 bridgehead atoms. The van der Waals surface area contributed by atoms with Gasteiger partial charge in [-0.2, -0.15) is 0 Å². The molecule has 19 heavy (non-hydrogen) atoms. The van der Waals surface area contributed by atoms with E-state index in [9.17, 15) is 0 Å². The van der Waals surface area contributed by atoms with E-state index in [-0.39, 0.29) is 0 Å². The first kappa shape index (κ1) is 14.1. The maximum absolute atomic E-state index is 4.32. The fraction of sp³-hybridized carbons (Fsp3) is 0.500. The molecule has 0 aromatic carbocycles. The highest BCUT2D eigenvalue weighted by molar-refractivity contribution is 7.14. The van der Waals surface area contributed by atoms with Crippen molar-refractivity contribution >= 4 is 11.3 Å². The molecule has 4 nitrogen and oxygen atoms in total. The van der Waals surface area contributed by atoms with Gasteiger partial charge in [0.25, 0.3) is 0 Å². The van der Waals surface area contributed by atoms with Gasteiger partial charge in [-0.25, -0.2) is 0 Å². The fourth-order valence-electron chi connectivity index (χ4n) is 1.81. The summed E-state index contributed by atoms with van der Waals surface area (Å²) in [6.07, 6.45) is 4.02. The topological polar surface area (TPSA) is 50.7 Å². The molecule has 0 spiro atoms. The van der Waals surface area contributed by atoms with Gasteiger partial charge in [-0.05, 0) is 38.4 Å². The SMILES string of the molecule is CCCNC(CC)c1nnc(-c2ccc(C)nc2)s1. The first-order valence-electron chi connectivity index (χ1n) is 6.74. The van der Waals surface area contributed by atoms with Crippen LogP contribution in [0.2, 0.25) is 0 Å². The third-order valence-electron chi connectivity index (χ3n) is 2.95. The van der Waals surface area contributed by atoms with Crippen LogP contribution < -0.4 is 5.32 Å². The number of nitrogens with zero attached hydrogens (tertiary/aromatic N) is 3. The molecule has 1 atom stereocenters. The molecule has 0 radical (unpaired) electrons. The third-order valence-corrected chi connectivity index (χ3v) is 4.03. The highest BCUT2D eigenvalue weighted by Gasteiger charge is 2.15. The van der Waals surface area contributed by atoms with Crippen LogP contribution >= 0.6 is 11.3 Å². The standard InChI is InChI=1S/C14H20N4S/c1-4-8-15-12(5-2)14-18-17-13(19-14)11-7-6-10(3)16-9-11/h6-7,9,12,15H,4-5,8H2,1-3H3. The smallest absolute Gasteiger partial charge is 0.149 e. The Kier molecular flexibility index (Phi) is 4.99. The third kappa shape index (κ3) is 3.58. The van der Waals surface area contributed by atoms with Gasteiger partial charge in [-0.15, -0.1) is 10.2 Å². The van der Waals surface area contributed by atoms with E-state index in [0.29, 0.717) is 6.04 Å². The van der Waals surface area contributed by atoms with Crippen LogP contribution in [-0.2, 0) is 0 Å². The predicted octanol–water partition coefficient (Wildman–Crippen LogP) is 3.36. The molecule has 0 aliphatic carbocycles. The molecular formula is C14H20N4S. The van der Waals surface area contributed by atoms with E-state index in [4.69, 9.17) is 0 Å². The highest BCUT2D eigenvalue weighted by atomic mass is 32.1. The Hall–Kier alpha value is -1.33. The largest absolute Gasteiger partial charge is 0.308 e. The molecular weight excluding hydrogens is 256 g/mol. The van der Waals surface area contributed by atoms with Crippen molar-refractivity contribution in [3.8, 4) is 10.6 Å². The number of nitrogens with one attached hydrogen (secondary N) is 1.